The average molecular weight is 254 g/mol. The van der Waals surface area contributed by atoms with Crippen LogP contribution in [0.3, 0.4) is 0 Å². The van der Waals surface area contributed by atoms with Gasteiger partial charge in [-0.05, 0) is 12.8 Å². The Morgan fingerprint density at radius 1 is 1.35 bits per heavy atom. The Bertz CT molecular complexity index is 449. The fourth-order valence-corrected chi connectivity index (χ4v) is 2.07. The van der Waals surface area contributed by atoms with Crippen molar-refractivity contribution >= 4 is 17.3 Å². The Kier molecular flexibility index (Phi) is 4.20. The van der Waals surface area contributed by atoms with E-state index in [1.54, 1.807) is 12.3 Å². The van der Waals surface area contributed by atoms with Gasteiger partial charge in [0, 0.05) is 25.0 Å². The Morgan fingerprint density at radius 3 is 2.76 bits per heavy atom. The van der Waals surface area contributed by atoms with Crippen molar-refractivity contribution in [1.82, 2.24) is 9.78 Å². The van der Waals surface area contributed by atoms with E-state index in [0.717, 1.165) is 18.8 Å². The minimum Gasteiger partial charge on any atom is -0.370 e. The molecule has 1 saturated heterocycles. The molecule has 0 saturated carbocycles. The molecule has 0 N–H and O–H groups in total. The highest BCUT2D eigenvalue weighted by Gasteiger charge is 2.13. The van der Waals surface area contributed by atoms with Gasteiger partial charge >= 0.3 is 0 Å². The molecule has 4 nitrogen and oxygen atoms in total. The highest BCUT2D eigenvalue weighted by Crippen LogP contribution is 2.16. The quantitative estimate of drug-likeness (QED) is 0.605. The molecule has 0 amide bonds. The summed E-state index contributed by atoms with van der Waals surface area (Å²) in [7, 11) is 0. The molecule has 1 fully saturated rings. The number of hydrogen-bond donors (Lipinski definition) is 0. The predicted octanol–water partition coefficient (Wildman–Crippen LogP) is 1.64. The number of anilines is 1. The first-order chi connectivity index (χ1) is 8.31. The van der Waals surface area contributed by atoms with Crippen LogP contribution in [-0.2, 0) is 6.54 Å². The van der Waals surface area contributed by atoms with Crippen molar-refractivity contribution in [3.63, 3.8) is 0 Å². The van der Waals surface area contributed by atoms with Crippen molar-refractivity contribution in [3.05, 3.63) is 34.8 Å². The Hall–Kier alpha value is -1.29. The number of hydrogen-bond acceptors (Lipinski definition) is 3. The molecule has 92 valence electrons. The molecule has 0 radical (unpaired) electrons. The zero-order valence-corrected chi connectivity index (χ0v) is 10.4. The van der Waals surface area contributed by atoms with Crippen LogP contribution in [0.25, 0.3) is 0 Å². The summed E-state index contributed by atoms with van der Waals surface area (Å²) in [5.74, 6) is 0.459. The average Bonchev–Trinajstić information content (AvgIpc) is 2.85. The minimum atomic E-state index is -0.0615. The maximum absolute atomic E-state index is 11.8. The third-order valence-electron chi connectivity index (χ3n) is 2.86. The van der Waals surface area contributed by atoms with Crippen LogP contribution < -0.4 is 10.5 Å². The van der Waals surface area contributed by atoms with Crippen LogP contribution >= 0.6 is 11.6 Å². The van der Waals surface area contributed by atoms with E-state index in [0.29, 0.717) is 12.4 Å². The minimum absolute atomic E-state index is 0.0615. The van der Waals surface area contributed by atoms with E-state index in [4.69, 9.17) is 11.6 Å². The van der Waals surface area contributed by atoms with Crippen molar-refractivity contribution in [2.45, 2.75) is 19.4 Å². The summed E-state index contributed by atoms with van der Waals surface area (Å²) in [4.78, 5) is 14.0. The highest BCUT2D eigenvalue weighted by atomic mass is 35.5. The third kappa shape index (κ3) is 3.09. The van der Waals surface area contributed by atoms with Gasteiger partial charge in [-0.2, -0.15) is 5.10 Å². The molecule has 1 aromatic rings. The van der Waals surface area contributed by atoms with Gasteiger partial charge in [-0.1, -0.05) is 12.2 Å². The van der Waals surface area contributed by atoms with E-state index >= 15 is 0 Å². The van der Waals surface area contributed by atoms with Gasteiger partial charge in [0.25, 0.3) is 5.56 Å². The first-order valence-corrected chi connectivity index (χ1v) is 6.38. The first-order valence-electron chi connectivity index (χ1n) is 5.84. The molecular formula is C12H16ClN3O. The van der Waals surface area contributed by atoms with Crippen molar-refractivity contribution < 1.29 is 0 Å². The molecular weight excluding hydrogens is 238 g/mol. The molecule has 1 aliphatic heterocycles. The van der Waals surface area contributed by atoms with Gasteiger partial charge in [-0.15, -0.1) is 11.6 Å². The van der Waals surface area contributed by atoms with E-state index in [-0.39, 0.29) is 5.56 Å². The van der Waals surface area contributed by atoms with Gasteiger partial charge in [-0.3, -0.25) is 4.79 Å². The number of aromatic nitrogens is 2. The summed E-state index contributed by atoms with van der Waals surface area (Å²) in [6, 6.07) is 1.66. The van der Waals surface area contributed by atoms with Crippen molar-refractivity contribution in [3.8, 4) is 0 Å². The van der Waals surface area contributed by atoms with Crippen molar-refractivity contribution in [1.29, 1.82) is 0 Å². The lowest BCUT2D eigenvalue weighted by atomic mass is 10.4. The topological polar surface area (TPSA) is 38.1 Å². The molecule has 1 aliphatic rings. The van der Waals surface area contributed by atoms with Crippen LogP contribution in [0, 0.1) is 0 Å². The maximum Gasteiger partial charge on any atom is 0.269 e. The zero-order valence-electron chi connectivity index (χ0n) is 9.68. The van der Waals surface area contributed by atoms with E-state index in [2.05, 4.69) is 10.00 Å². The van der Waals surface area contributed by atoms with E-state index in [9.17, 15) is 4.79 Å². The second-order valence-corrected chi connectivity index (χ2v) is 4.36. The lowest BCUT2D eigenvalue weighted by molar-refractivity contribution is 0.649. The molecule has 2 rings (SSSR count). The zero-order chi connectivity index (χ0) is 12.1. The summed E-state index contributed by atoms with van der Waals surface area (Å²) in [5.41, 5.74) is 0.874. The molecule has 0 aliphatic carbocycles. The number of halogens is 1. The first kappa shape index (κ1) is 12.2. The van der Waals surface area contributed by atoms with Gasteiger partial charge < -0.3 is 4.90 Å². The van der Waals surface area contributed by atoms with Crippen LogP contribution in [0.2, 0.25) is 0 Å². The number of nitrogens with zero attached hydrogens (tertiary/aromatic N) is 3. The molecule has 0 atom stereocenters. The largest absolute Gasteiger partial charge is 0.370 e. The summed E-state index contributed by atoms with van der Waals surface area (Å²) < 4.78 is 1.43. The number of allylic oxidation sites excluding steroid dienone is 2. The second-order valence-electron chi connectivity index (χ2n) is 4.05. The van der Waals surface area contributed by atoms with Crippen LogP contribution in [0.15, 0.2) is 29.2 Å². The lowest BCUT2D eigenvalue weighted by Gasteiger charge is -2.16. The van der Waals surface area contributed by atoms with Gasteiger partial charge in [0.1, 0.15) is 0 Å². The Morgan fingerprint density at radius 2 is 2.12 bits per heavy atom. The van der Waals surface area contributed by atoms with E-state index < -0.39 is 0 Å². The van der Waals surface area contributed by atoms with Gasteiger partial charge in [0.05, 0.1) is 18.4 Å². The van der Waals surface area contributed by atoms with Crippen molar-refractivity contribution in [2.24, 2.45) is 0 Å². The fourth-order valence-electron chi connectivity index (χ4n) is 1.95. The number of rotatable bonds is 4. The Labute approximate surface area is 105 Å². The summed E-state index contributed by atoms with van der Waals surface area (Å²) in [5, 5.41) is 4.16. The van der Waals surface area contributed by atoms with Crippen LogP contribution in [0.1, 0.15) is 12.8 Å². The van der Waals surface area contributed by atoms with Crippen LogP contribution in [0.4, 0.5) is 5.69 Å². The fraction of sp³-hybridized carbons (Fsp3) is 0.500. The van der Waals surface area contributed by atoms with Crippen LogP contribution in [0.5, 0.6) is 0 Å². The molecule has 17 heavy (non-hydrogen) atoms. The molecule has 0 aromatic carbocycles. The van der Waals surface area contributed by atoms with Gasteiger partial charge in [-0.25, -0.2) is 4.68 Å². The predicted molar refractivity (Wildman–Crippen MR) is 69.8 cm³/mol. The smallest absolute Gasteiger partial charge is 0.269 e. The second kappa shape index (κ2) is 5.87. The summed E-state index contributed by atoms with van der Waals surface area (Å²) >= 11 is 5.52. The molecule has 5 heteroatoms. The molecule has 1 aromatic heterocycles. The molecule has 0 spiro atoms. The normalized spacial score (nSPS) is 15.9. The monoisotopic (exact) mass is 253 g/mol. The van der Waals surface area contributed by atoms with Crippen molar-refractivity contribution in [2.75, 3.05) is 23.9 Å². The molecule has 0 unspecified atom stereocenters. The number of alkyl halides is 1. The van der Waals surface area contributed by atoms with Crippen LogP contribution in [-0.4, -0.2) is 28.8 Å². The SMILES string of the molecule is O=c1cc(N2CCCC2)cnn1C/C=C/CCl. The Balaban J connectivity index is 2.11. The van der Waals surface area contributed by atoms with Gasteiger partial charge in [0.15, 0.2) is 0 Å². The van der Waals surface area contributed by atoms with E-state index in [1.165, 1.54) is 17.5 Å². The summed E-state index contributed by atoms with van der Waals surface area (Å²) in [6.07, 6.45) is 7.81. The third-order valence-corrected chi connectivity index (χ3v) is 3.04. The van der Waals surface area contributed by atoms with Gasteiger partial charge in [0.2, 0.25) is 0 Å². The highest BCUT2D eigenvalue weighted by molar-refractivity contribution is 6.18. The lowest BCUT2D eigenvalue weighted by Crippen LogP contribution is -2.25. The van der Waals surface area contributed by atoms with E-state index in [1.807, 2.05) is 12.2 Å². The summed E-state index contributed by atoms with van der Waals surface area (Å²) in [6.45, 7) is 2.53. The molecule has 0 bridgehead atoms. The molecule has 2 heterocycles. The maximum atomic E-state index is 11.8. The standard InChI is InChI=1S/C12H16ClN3O/c13-5-1-2-8-16-12(17)9-11(10-14-16)15-6-3-4-7-15/h1-2,9-10H,3-8H2/b2-1+.